The summed E-state index contributed by atoms with van der Waals surface area (Å²) in [4.78, 5) is 99.9. The SMILES string of the molecule is Cc1c(Br)c(=O)oc2c1ccc1oc(Br)c(-c3ccccc3)c12.Cc1cc(=O)oc2c1ccc1oc(Br)c(-c3ccccc3)c12.Cc1cc(=O)oc2c1ccc1oc(C(=O)C3CCC3)c(-c3ccccc3)c12.Cc1cc(=O)oc2c1ccc1oc(C(=O)C3CCCC3)c(-c3ccccc3)c12.Cc1cc(=O)oc2c1ccc1oc(C(=O)C3CCCCC3)c(-c3ccccc3)c12. The van der Waals surface area contributed by atoms with Gasteiger partial charge in [-0.3, -0.25) is 14.4 Å². The lowest BCUT2D eigenvalue weighted by Crippen LogP contribution is -2.22. The van der Waals surface area contributed by atoms with Crippen LogP contribution in [0.5, 0.6) is 0 Å². The molecule has 0 spiro atoms. The third-order valence-electron chi connectivity index (χ3n) is 25.1. The van der Waals surface area contributed by atoms with E-state index in [0.29, 0.717) is 103 Å². The van der Waals surface area contributed by atoms with Gasteiger partial charge in [0.15, 0.2) is 32.2 Å². The van der Waals surface area contributed by atoms with Gasteiger partial charge in [-0.2, -0.15) is 0 Å². The Morgan fingerprint density at radius 3 is 0.783 bits per heavy atom. The molecule has 10 aromatic carbocycles. The number of rotatable bonds is 11. The normalized spacial score (nSPS) is 13.7. The summed E-state index contributed by atoms with van der Waals surface area (Å²) in [5.41, 5.74) is 16.6. The summed E-state index contributed by atoms with van der Waals surface area (Å²) in [5.74, 6) is 1.30. The van der Waals surface area contributed by atoms with Crippen molar-refractivity contribution in [3.63, 3.8) is 0 Å². The van der Waals surface area contributed by atoms with Crippen molar-refractivity contribution in [2.45, 2.75) is 112 Å². The number of hydrogen-bond donors (Lipinski definition) is 0. The molecule has 3 saturated carbocycles. The van der Waals surface area contributed by atoms with E-state index in [-0.39, 0.29) is 46.4 Å². The van der Waals surface area contributed by atoms with Gasteiger partial charge in [0.25, 0.3) is 0 Å². The quantitative estimate of drug-likeness (QED) is 0.0860. The van der Waals surface area contributed by atoms with Crippen LogP contribution in [0.4, 0.5) is 0 Å². The standard InChI is InChI=1S/C25H22O4.C24H20O4.C23H18O4.C18H10Br2O3.C18H11BrO3/c1-15-14-20(26)29-24-18(15)12-13-19-22(24)21(16-8-4-2-5-9-16)25(28-19)23(27)17-10-6-3-7-11-17;1-14-13-19(25)28-23-17(14)11-12-18-21(23)20(15-7-3-2-4-8-15)24(27-18)22(26)16-9-5-6-10-16;1-13-12-18(24)27-22-16(13)10-11-17-20(22)19(14-6-3-2-4-7-14)23(26-17)21(25)15-8-5-9-15;1-9-11-7-8-12-14(16(11)23-18(21)15(9)19)13(17(20)22-12)10-5-3-2-4-6-10;1-10-9-14(20)22-17-12(10)7-8-13-16(17)15(18(19)21-13)11-5-3-2-4-6-11/h2,4-5,8-9,12-14,17H,3,6-7,10-11H2,1H3;2-4,7-8,11-13,16H,5-6,9-10H2,1H3;2-4,6-7,10-12,15H,5,8-9H2,1H3;2-8H,1H3;2-9H,1H3. The van der Waals surface area contributed by atoms with Crippen LogP contribution in [-0.2, 0) is 0 Å². The lowest BCUT2D eigenvalue weighted by Gasteiger charge is -2.23. The average molecular weight is 1910 g/mol. The highest BCUT2D eigenvalue weighted by molar-refractivity contribution is 9.11. The molecule has 10 aromatic heterocycles. The van der Waals surface area contributed by atoms with Gasteiger partial charge < -0.3 is 44.2 Å². The number of Topliss-reactive ketones (excluding diaryl/α,β-unsaturated/α-hetero) is 3. The molecule has 3 fully saturated rings. The summed E-state index contributed by atoms with van der Waals surface area (Å²) in [7, 11) is 0. The molecule has 0 N–H and O–H groups in total. The molecular weight excluding hydrogens is 1820 g/mol. The van der Waals surface area contributed by atoms with Crippen LogP contribution in [0.25, 0.3) is 165 Å². The zero-order valence-corrected chi connectivity index (χ0v) is 75.5. The van der Waals surface area contributed by atoms with Crippen molar-refractivity contribution in [2.24, 2.45) is 17.8 Å². The Morgan fingerprint density at radius 1 is 0.264 bits per heavy atom. The lowest BCUT2D eigenvalue weighted by atomic mass is 9.80. The van der Waals surface area contributed by atoms with Gasteiger partial charge in [-0.05, 0) is 237 Å². The summed E-state index contributed by atoms with van der Waals surface area (Å²) >= 11 is 10.3. The second-order valence-corrected chi connectivity index (χ2v) is 35.4. The van der Waals surface area contributed by atoms with Crippen LogP contribution in [0.1, 0.15) is 137 Å². The summed E-state index contributed by atoms with van der Waals surface area (Å²) in [6.07, 6.45) is 12.0. The van der Waals surface area contributed by atoms with Gasteiger partial charge in [0.05, 0.1) is 26.9 Å². The molecule has 0 atom stereocenters. The number of hydrogen-bond acceptors (Lipinski definition) is 18. The van der Waals surface area contributed by atoms with E-state index in [1.807, 2.05) is 247 Å². The van der Waals surface area contributed by atoms with Crippen LogP contribution in [0, 0.1) is 52.4 Å². The van der Waals surface area contributed by atoms with Crippen molar-refractivity contribution in [1.82, 2.24) is 0 Å². The molecule has 129 heavy (non-hydrogen) atoms. The van der Waals surface area contributed by atoms with E-state index in [9.17, 15) is 38.4 Å². The molecule has 0 aliphatic heterocycles. The summed E-state index contributed by atoms with van der Waals surface area (Å²) in [5, 5.41) is 8.07. The number of carbonyl (C=O) groups excluding carboxylic acids is 3. The largest absolute Gasteiger partial charge is 0.452 e. The fourth-order valence-corrected chi connectivity index (χ4v) is 19.9. The third-order valence-corrected chi connectivity index (χ3v) is 27.1. The maximum Gasteiger partial charge on any atom is 0.350 e. The van der Waals surface area contributed by atoms with Gasteiger partial charge in [-0.25, -0.2) is 24.0 Å². The molecule has 20 aromatic rings. The average Bonchev–Trinajstić information content (AvgIpc) is 1.61. The van der Waals surface area contributed by atoms with Crippen molar-refractivity contribution in [3.05, 3.63) is 348 Å². The van der Waals surface area contributed by atoms with Crippen molar-refractivity contribution < 1.29 is 58.6 Å². The summed E-state index contributed by atoms with van der Waals surface area (Å²) in [6.45, 7) is 9.46. The van der Waals surface area contributed by atoms with Crippen LogP contribution in [0.15, 0.2) is 319 Å². The first-order valence-corrected chi connectivity index (χ1v) is 45.4. The van der Waals surface area contributed by atoms with E-state index in [1.54, 1.807) is 0 Å². The van der Waals surface area contributed by atoms with Crippen LogP contribution in [0.3, 0.4) is 0 Å². The third kappa shape index (κ3) is 16.0. The second-order valence-electron chi connectivity index (χ2n) is 33.2. The molecule has 642 valence electrons. The minimum Gasteiger partial charge on any atom is -0.452 e. The van der Waals surface area contributed by atoms with Crippen molar-refractivity contribution in [1.29, 1.82) is 0 Å². The van der Waals surface area contributed by atoms with Gasteiger partial charge >= 0.3 is 28.1 Å². The first-order chi connectivity index (χ1) is 62.6. The monoisotopic (exact) mass is 1900 g/mol. The minimum absolute atomic E-state index is 0.00281. The van der Waals surface area contributed by atoms with E-state index in [2.05, 4.69) is 47.8 Å². The fraction of sp³-hybridized carbons (Fsp3) is 0.185. The Kier molecular flexibility index (Phi) is 23.4. The minimum atomic E-state index is -0.403. The summed E-state index contributed by atoms with van der Waals surface area (Å²) < 4.78 is 59.5. The highest BCUT2D eigenvalue weighted by Gasteiger charge is 2.36. The van der Waals surface area contributed by atoms with Gasteiger partial charge in [0.1, 0.15) is 54.7 Å². The molecule has 0 radical (unpaired) electrons. The number of ketones is 3. The molecule has 3 aliphatic carbocycles. The maximum absolute atomic E-state index is 13.4. The topological polar surface area (TPSA) is 268 Å². The fourth-order valence-electron chi connectivity index (χ4n) is 18.4. The van der Waals surface area contributed by atoms with Crippen LogP contribution in [0.2, 0.25) is 0 Å². The van der Waals surface area contributed by atoms with Gasteiger partial charge in [-0.1, -0.05) is 190 Å². The highest BCUT2D eigenvalue weighted by Crippen LogP contribution is 2.49. The Labute approximate surface area is 760 Å². The molecule has 18 nitrogen and oxygen atoms in total. The molecule has 23 rings (SSSR count). The second kappa shape index (κ2) is 35.6. The van der Waals surface area contributed by atoms with E-state index in [4.69, 9.17) is 44.2 Å². The highest BCUT2D eigenvalue weighted by atomic mass is 79.9. The maximum atomic E-state index is 13.4. The van der Waals surface area contributed by atoms with Crippen molar-refractivity contribution in [2.75, 3.05) is 0 Å². The molecule has 10 heterocycles. The first-order valence-electron chi connectivity index (χ1n) is 43.0. The number of halogens is 3. The number of benzene rings is 10. The van der Waals surface area contributed by atoms with Crippen LogP contribution < -0.4 is 28.1 Å². The van der Waals surface area contributed by atoms with E-state index >= 15 is 0 Å². The Balaban J connectivity index is 0.000000105. The Morgan fingerprint density at radius 2 is 0.504 bits per heavy atom. The predicted molar refractivity (Wildman–Crippen MR) is 514 cm³/mol. The van der Waals surface area contributed by atoms with Crippen LogP contribution in [-0.4, -0.2) is 17.3 Å². The van der Waals surface area contributed by atoms with Crippen molar-refractivity contribution >= 4 is 175 Å². The first kappa shape index (κ1) is 84.9. The smallest absolute Gasteiger partial charge is 0.350 e. The van der Waals surface area contributed by atoms with E-state index < -0.39 is 16.9 Å². The number of carbonyl (C=O) groups is 3. The molecule has 0 saturated heterocycles. The summed E-state index contributed by atoms with van der Waals surface area (Å²) in [6, 6.07) is 73.8. The van der Waals surface area contributed by atoms with Gasteiger partial charge in [0.2, 0.25) is 17.3 Å². The van der Waals surface area contributed by atoms with E-state index in [1.165, 1.54) is 30.7 Å². The number of furan rings is 5. The van der Waals surface area contributed by atoms with Gasteiger partial charge in [-0.15, -0.1) is 0 Å². The molecule has 0 amide bonds. The van der Waals surface area contributed by atoms with Crippen LogP contribution >= 0.6 is 47.8 Å². The Hall–Kier alpha value is -13.6. The zero-order chi connectivity index (χ0) is 89.2. The zero-order valence-electron chi connectivity index (χ0n) is 70.7. The molecule has 0 bridgehead atoms. The lowest BCUT2D eigenvalue weighted by molar-refractivity contribution is 0.0827. The number of fused-ring (bicyclic) bond motifs is 15. The number of aryl methyl sites for hydroxylation is 5. The molecule has 0 unspecified atom stereocenters. The van der Waals surface area contributed by atoms with Crippen molar-refractivity contribution in [3.8, 4) is 55.6 Å². The van der Waals surface area contributed by atoms with Gasteiger partial charge in [0, 0.05) is 96.8 Å². The molecular formula is C108H81Br3O18. The predicted octanol–water partition coefficient (Wildman–Crippen LogP) is 29.0. The Bertz CT molecular complexity index is 8170. The molecule has 21 heteroatoms. The molecule has 3 aliphatic rings. The van der Waals surface area contributed by atoms with E-state index in [0.717, 1.165) is 192 Å².